The lowest BCUT2D eigenvalue weighted by atomic mass is 10.2. The topological polar surface area (TPSA) is 57.7 Å². The first kappa shape index (κ1) is 17.7. The van der Waals surface area contributed by atoms with Crippen LogP contribution in [0.3, 0.4) is 0 Å². The maximum Gasteiger partial charge on any atom is 0.252 e. The number of anilines is 1. The third kappa shape index (κ3) is 5.80. The van der Waals surface area contributed by atoms with Gasteiger partial charge in [0.25, 0.3) is 5.91 Å². The van der Waals surface area contributed by atoms with Gasteiger partial charge >= 0.3 is 0 Å². The van der Waals surface area contributed by atoms with Crippen LogP contribution in [0.15, 0.2) is 18.3 Å². The van der Waals surface area contributed by atoms with Gasteiger partial charge in [-0.1, -0.05) is 13.3 Å². The number of pyridine rings is 1. The monoisotopic (exact) mass is 320 g/mol. The number of carbonyl (C=O) groups excluding carboxylic acids is 1. The molecule has 0 radical (unpaired) electrons. The number of nitrogens with one attached hydrogen (secondary N) is 1. The zero-order valence-corrected chi connectivity index (χ0v) is 14.3. The molecule has 1 aromatic rings. The van der Waals surface area contributed by atoms with Crippen LogP contribution in [0.25, 0.3) is 0 Å². The normalized spacial score (nSPS) is 15.4. The average molecular weight is 320 g/mol. The molecule has 2 rings (SSSR count). The summed E-state index contributed by atoms with van der Waals surface area (Å²) in [6, 6.07) is 3.75. The molecule has 1 N–H and O–H groups in total. The predicted octanol–water partition coefficient (Wildman–Crippen LogP) is 1.38. The molecule has 128 valence electrons. The van der Waals surface area contributed by atoms with E-state index in [9.17, 15) is 4.79 Å². The number of ether oxygens (including phenoxy) is 1. The molecule has 1 fully saturated rings. The van der Waals surface area contributed by atoms with Crippen molar-refractivity contribution < 1.29 is 9.53 Å². The number of hydrogen-bond donors (Lipinski definition) is 1. The van der Waals surface area contributed by atoms with Gasteiger partial charge in [-0.15, -0.1) is 0 Å². The molecule has 0 aromatic carbocycles. The summed E-state index contributed by atoms with van der Waals surface area (Å²) in [4.78, 5) is 20.9. The van der Waals surface area contributed by atoms with Gasteiger partial charge in [0.15, 0.2) is 0 Å². The minimum absolute atomic E-state index is 0.0616. The quantitative estimate of drug-likeness (QED) is 0.784. The lowest BCUT2D eigenvalue weighted by molar-refractivity contribution is 0.0383. The summed E-state index contributed by atoms with van der Waals surface area (Å²) in [5.74, 6) is 0.844. The maximum atomic E-state index is 12.1. The van der Waals surface area contributed by atoms with Crippen LogP contribution >= 0.6 is 0 Å². The van der Waals surface area contributed by atoms with Gasteiger partial charge in [0, 0.05) is 46.0 Å². The molecular formula is C17H28N4O2. The van der Waals surface area contributed by atoms with Crippen molar-refractivity contribution in [2.75, 3.05) is 57.9 Å². The molecule has 0 atom stereocenters. The Bertz CT molecular complexity index is 472. The summed E-state index contributed by atoms with van der Waals surface area (Å²) in [6.45, 7) is 8.11. The van der Waals surface area contributed by atoms with E-state index in [4.69, 9.17) is 4.74 Å². The molecular weight excluding hydrogens is 292 g/mol. The van der Waals surface area contributed by atoms with Crippen molar-refractivity contribution in [3.63, 3.8) is 0 Å². The Morgan fingerprint density at radius 1 is 1.39 bits per heavy atom. The number of unbranched alkanes of at least 4 members (excludes halogenated alkanes) is 1. The van der Waals surface area contributed by atoms with Crippen molar-refractivity contribution in [1.82, 2.24) is 15.2 Å². The van der Waals surface area contributed by atoms with Gasteiger partial charge in [0.1, 0.15) is 5.82 Å². The summed E-state index contributed by atoms with van der Waals surface area (Å²) >= 11 is 0. The first-order chi connectivity index (χ1) is 11.2. The van der Waals surface area contributed by atoms with Gasteiger partial charge in [0.05, 0.1) is 18.8 Å². The number of aromatic nitrogens is 1. The summed E-state index contributed by atoms with van der Waals surface area (Å²) in [7, 11) is 2.03. The minimum Gasteiger partial charge on any atom is -0.379 e. The third-order valence-corrected chi connectivity index (χ3v) is 4.07. The van der Waals surface area contributed by atoms with Gasteiger partial charge in [-0.05, 0) is 18.6 Å². The Labute approximate surface area is 138 Å². The zero-order valence-electron chi connectivity index (χ0n) is 14.3. The Morgan fingerprint density at radius 2 is 2.17 bits per heavy atom. The molecule has 2 heterocycles. The van der Waals surface area contributed by atoms with E-state index in [-0.39, 0.29) is 5.91 Å². The van der Waals surface area contributed by atoms with E-state index in [1.807, 2.05) is 19.2 Å². The van der Waals surface area contributed by atoms with E-state index in [1.165, 1.54) is 0 Å². The smallest absolute Gasteiger partial charge is 0.252 e. The second-order valence-corrected chi connectivity index (χ2v) is 5.89. The first-order valence-electron chi connectivity index (χ1n) is 8.46. The fraction of sp³-hybridized carbons (Fsp3) is 0.647. The molecule has 1 saturated heterocycles. The minimum atomic E-state index is -0.0616. The van der Waals surface area contributed by atoms with Crippen LogP contribution in [-0.4, -0.2) is 68.8 Å². The van der Waals surface area contributed by atoms with Crippen LogP contribution in [0.5, 0.6) is 0 Å². The second kappa shape index (κ2) is 9.47. The van der Waals surface area contributed by atoms with Gasteiger partial charge in [-0.25, -0.2) is 4.98 Å². The highest BCUT2D eigenvalue weighted by molar-refractivity contribution is 5.94. The predicted molar refractivity (Wildman–Crippen MR) is 92.0 cm³/mol. The van der Waals surface area contributed by atoms with E-state index in [0.29, 0.717) is 12.1 Å². The Hall–Kier alpha value is -1.66. The molecule has 0 spiro atoms. The average Bonchev–Trinajstić information content (AvgIpc) is 2.60. The zero-order chi connectivity index (χ0) is 16.5. The summed E-state index contributed by atoms with van der Waals surface area (Å²) < 4.78 is 5.31. The molecule has 1 aromatic heterocycles. The van der Waals surface area contributed by atoms with E-state index in [1.54, 1.807) is 6.20 Å². The van der Waals surface area contributed by atoms with Crippen molar-refractivity contribution in [1.29, 1.82) is 0 Å². The van der Waals surface area contributed by atoms with E-state index >= 15 is 0 Å². The molecule has 0 unspecified atom stereocenters. The van der Waals surface area contributed by atoms with Crippen molar-refractivity contribution >= 4 is 11.7 Å². The van der Waals surface area contributed by atoms with E-state index < -0.39 is 0 Å². The highest BCUT2D eigenvalue weighted by Gasteiger charge is 2.11. The van der Waals surface area contributed by atoms with Crippen LogP contribution in [0.2, 0.25) is 0 Å². The molecule has 6 nitrogen and oxygen atoms in total. The number of amides is 1. The molecule has 6 heteroatoms. The first-order valence-corrected chi connectivity index (χ1v) is 8.46. The summed E-state index contributed by atoms with van der Waals surface area (Å²) in [5.41, 5.74) is 0.611. The lowest BCUT2D eigenvalue weighted by Crippen LogP contribution is -2.41. The highest BCUT2D eigenvalue weighted by Crippen LogP contribution is 2.10. The van der Waals surface area contributed by atoms with Crippen LogP contribution < -0.4 is 10.2 Å². The Balaban J connectivity index is 1.75. The Morgan fingerprint density at radius 3 is 2.83 bits per heavy atom. The van der Waals surface area contributed by atoms with Gasteiger partial charge in [-0.2, -0.15) is 0 Å². The SMILES string of the molecule is CCCCN(C)c1ccc(C(=O)NCCN2CCOCC2)cn1. The number of morpholine rings is 1. The van der Waals surface area contributed by atoms with Crippen molar-refractivity contribution in [2.45, 2.75) is 19.8 Å². The number of nitrogens with zero attached hydrogens (tertiary/aromatic N) is 3. The molecule has 1 amide bonds. The van der Waals surface area contributed by atoms with Crippen LogP contribution in [0.1, 0.15) is 30.1 Å². The van der Waals surface area contributed by atoms with Crippen LogP contribution in [0.4, 0.5) is 5.82 Å². The van der Waals surface area contributed by atoms with Crippen molar-refractivity contribution in [2.24, 2.45) is 0 Å². The maximum absolute atomic E-state index is 12.1. The molecule has 0 aliphatic carbocycles. The fourth-order valence-corrected chi connectivity index (χ4v) is 2.51. The fourth-order valence-electron chi connectivity index (χ4n) is 2.51. The summed E-state index contributed by atoms with van der Waals surface area (Å²) in [6.07, 6.45) is 3.96. The van der Waals surface area contributed by atoms with E-state index in [2.05, 4.69) is 27.0 Å². The number of carbonyl (C=O) groups is 1. The molecule has 23 heavy (non-hydrogen) atoms. The largest absolute Gasteiger partial charge is 0.379 e. The number of rotatable bonds is 8. The highest BCUT2D eigenvalue weighted by atomic mass is 16.5. The molecule has 1 aliphatic rings. The Kier molecular flexibility index (Phi) is 7.29. The number of hydrogen-bond acceptors (Lipinski definition) is 5. The van der Waals surface area contributed by atoms with Gasteiger partial charge < -0.3 is 15.0 Å². The van der Waals surface area contributed by atoms with Crippen LogP contribution in [-0.2, 0) is 4.74 Å². The molecule has 0 saturated carbocycles. The van der Waals surface area contributed by atoms with Crippen LogP contribution in [0, 0.1) is 0 Å². The molecule has 0 bridgehead atoms. The molecule has 1 aliphatic heterocycles. The van der Waals surface area contributed by atoms with Crippen molar-refractivity contribution in [3.05, 3.63) is 23.9 Å². The standard InChI is InChI=1S/C17H28N4O2/c1-3-4-8-20(2)16-6-5-15(14-19-16)17(22)18-7-9-21-10-12-23-13-11-21/h5-6,14H,3-4,7-13H2,1-2H3,(H,18,22). The third-order valence-electron chi connectivity index (χ3n) is 4.07. The second-order valence-electron chi connectivity index (χ2n) is 5.89. The lowest BCUT2D eigenvalue weighted by Gasteiger charge is -2.26. The van der Waals surface area contributed by atoms with Gasteiger partial charge in [0.2, 0.25) is 0 Å². The summed E-state index contributed by atoms with van der Waals surface area (Å²) in [5, 5.41) is 2.95. The van der Waals surface area contributed by atoms with E-state index in [0.717, 1.165) is 58.1 Å². The van der Waals surface area contributed by atoms with Gasteiger partial charge in [-0.3, -0.25) is 9.69 Å². The van der Waals surface area contributed by atoms with Crippen molar-refractivity contribution in [3.8, 4) is 0 Å².